The van der Waals surface area contributed by atoms with Crippen LogP contribution in [0.2, 0.25) is 0 Å². The molecule has 0 radical (unpaired) electrons. The van der Waals surface area contributed by atoms with Crippen LogP contribution < -0.4 is 5.32 Å². The number of anilines is 1. The van der Waals surface area contributed by atoms with Crippen molar-refractivity contribution in [2.75, 3.05) is 5.32 Å². The van der Waals surface area contributed by atoms with Gasteiger partial charge in [-0.05, 0) is 39.3 Å². The van der Waals surface area contributed by atoms with Crippen LogP contribution in [0.15, 0.2) is 42.7 Å². The van der Waals surface area contributed by atoms with Gasteiger partial charge in [0, 0.05) is 11.7 Å². The second kappa shape index (κ2) is 6.20. The first-order valence-corrected chi connectivity index (χ1v) is 7.72. The summed E-state index contributed by atoms with van der Waals surface area (Å²) in [5.74, 6) is 1.46. The summed E-state index contributed by atoms with van der Waals surface area (Å²) in [5.41, 5.74) is 4.48. The number of nitrogens with zero attached hydrogens (tertiary/aromatic N) is 4. The van der Waals surface area contributed by atoms with Gasteiger partial charge in [-0.25, -0.2) is 9.67 Å². The highest BCUT2D eigenvalue weighted by Crippen LogP contribution is 2.19. The van der Waals surface area contributed by atoms with Crippen LogP contribution >= 0.6 is 0 Å². The van der Waals surface area contributed by atoms with E-state index in [0.29, 0.717) is 0 Å². The molecule has 1 N–H and O–H groups in total. The van der Waals surface area contributed by atoms with Crippen LogP contribution in [0.4, 0.5) is 5.82 Å². The summed E-state index contributed by atoms with van der Waals surface area (Å²) in [6, 6.07) is 10.7. The van der Waals surface area contributed by atoms with Crippen LogP contribution in [0, 0.1) is 20.8 Å². The maximum absolute atomic E-state index is 4.63. The number of rotatable bonds is 4. The van der Waals surface area contributed by atoms with Crippen molar-refractivity contribution in [3.8, 4) is 5.82 Å². The molecule has 5 nitrogen and oxygen atoms in total. The Labute approximate surface area is 136 Å². The molecule has 0 saturated carbocycles. The van der Waals surface area contributed by atoms with Crippen molar-refractivity contribution < 1.29 is 0 Å². The van der Waals surface area contributed by atoms with E-state index in [0.717, 1.165) is 23.0 Å². The van der Waals surface area contributed by atoms with Gasteiger partial charge < -0.3 is 5.32 Å². The van der Waals surface area contributed by atoms with Gasteiger partial charge in [-0.2, -0.15) is 5.10 Å². The van der Waals surface area contributed by atoms with Crippen molar-refractivity contribution in [2.24, 2.45) is 0 Å². The summed E-state index contributed by atoms with van der Waals surface area (Å²) in [6.07, 6.45) is 3.46. The molecule has 3 aromatic rings. The van der Waals surface area contributed by atoms with E-state index in [1.165, 1.54) is 11.1 Å². The van der Waals surface area contributed by atoms with Crippen LogP contribution in [0.1, 0.15) is 35.5 Å². The summed E-state index contributed by atoms with van der Waals surface area (Å²) in [7, 11) is 0. The highest BCUT2D eigenvalue weighted by molar-refractivity contribution is 5.40. The van der Waals surface area contributed by atoms with E-state index >= 15 is 0 Å². The fourth-order valence-corrected chi connectivity index (χ4v) is 2.55. The van der Waals surface area contributed by atoms with E-state index in [4.69, 9.17) is 0 Å². The number of hydrogen-bond donors (Lipinski definition) is 1. The molecule has 118 valence electrons. The predicted molar refractivity (Wildman–Crippen MR) is 91.8 cm³/mol. The normalized spacial score (nSPS) is 12.2. The highest BCUT2D eigenvalue weighted by atomic mass is 15.3. The summed E-state index contributed by atoms with van der Waals surface area (Å²) < 4.78 is 1.81. The summed E-state index contributed by atoms with van der Waals surface area (Å²) in [4.78, 5) is 8.91. The third-order valence-corrected chi connectivity index (χ3v) is 3.79. The average Bonchev–Trinajstić information content (AvgIpc) is 2.87. The molecule has 2 aromatic heterocycles. The zero-order chi connectivity index (χ0) is 16.4. The van der Waals surface area contributed by atoms with Crippen LogP contribution in [-0.4, -0.2) is 19.7 Å². The lowest BCUT2D eigenvalue weighted by Gasteiger charge is -2.15. The molecule has 0 fully saturated rings. The molecule has 1 atom stereocenters. The first-order valence-electron chi connectivity index (χ1n) is 7.72. The number of benzene rings is 1. The fourth-order valence-electron chi connectivity index (χ4n) is 2.55. The molecule has 0 aliphatic heterocycles. The van der Waals surface area contributed by atoms with Crippen molar-refractivity contribution in [3.05, 3.63) is 65.2 Å². The first kappa shape index (κ1) is 15.2. The Morgan fingerprint density at radius 2 is 1.78 bits per heavy atom. The Hall–Kier alpha value is -2.69. The van der Waals surface area contributed by atoms with E-state index < -0.39 is 0 Å². The summed E-state index contributed by atoms with van der Waals surface area (Å²) >= 11 is 0. The van der Waals surface area contributed by atoms with Crippen molar-refractivity contribution in [2.45, 2.75) is 33.7 Å². The molecule has 2 heterocycles. The summed E-state index contributed by atoms with van der Waals surface area (Å²) in [6.45, 7) is 8.18. The minimum atomic E-state index is 0.153. The lowest BCUT2D eigenvalue weighted by molar-refractivity contribution is 0.793. The number of aryl methyl sites for hydroxylation is 3. The molecule has 5 heteroatoms. The van der Waals surface area contributed by atoms with Gasteiger partial charge in [-0.3, -0.25) is 4.98 Å². The standard InChI is InChI=1S/C18H21N5/c1-12-5-7-16(8-6-12)15(4)20-17-10-19-11-18(21-17)23-14(3)9-13(2)22-23/h5-11,15H,1-4H3,(H,20,21). The van der Waals surface area contributed by atoms with Crippen LogP contribution in [0.3, 0.4) is 0 Å². The van der Waals surface area contributed by atoms with Gasteiger partial charge in [0.2, 0.25) is 0 Å². The van der Waals surface area contributed by atoms with E-state index in [1.807, 2.05) is 24.6 Å². The van der Waals surface area contributed by atoms with E-state index in [1.54, 1.807) is 12.4 Å². The maximum atomic E-state index is 4.63. The predicted octanol–water partition coefficient (Wildman–Crippen LogP) is 3.76. The number of nitrogens with one attached hydrogen (secondary N) is 1. The zero-order valence-corrected chi connectivity index (χ0v) is 13.9. The first-order chi connectivity index (χ1) is 11.0. The van der Waals surface area contributed by atoms with Gasteiger partial charge in [0.1, 0.15) is 5.82 Å². The van der Waals surface area contributed by atoms with E-state index in [9.17, 15) is 0 Å². The molecule has 0 bridgehead atoms. The fraction of sp³-hybridized carbons (Fsp3) is 0.278. The summed E-state index contributed by atoms with van der Waals surface area (Å²) in [5, 5.41) is 7.85. The molecule has 3 rings (SSSR count). The van der Waals surface area contributed by atoms with Crippen LogP contribution in [0.5, 0.6) is 0 Å². The molecule has 0 saturated heterocycles. The second-order valence-corrected chi connectivity index (χ2v) is 5.88. The second-order valence-electron chi connectivity index (χ2n) is 5.88. The van der Waals surface area contributed by atoms with Gasteiger partial charge in [0.15, 0.2) is 5.82 Å². The van der Waals surface area contributed by atoms with Crippen molar-refractivity contribution in [3.63, 3.8) is 0 Å². The Balaban J connectivity index is 1.82. The van der Waals surface area contributed by atoms with Gasteiger partial charge in [0.25, 0.3) is 0 Å². The molecular weight excluding hydrogens is 286 g/mol. The average molecular weight is 307 g/mol. The molecule has 0 aliphatic rings. The third-order valence-electron chi connectivity index (χ3n) is 3.79. The maximum Gasteiger partial charge on any atom is 0.174 e. The molecule has 0 aliphatic carbocycles. The van der Waals surface area contributed by atoms with Crippen molar-refractivity contribution in [1.82, 2.24) is 19.7 Å². The van der Waals surface area contributed by atoms with Crippen molar-refractivity contribution in [1.29, 1.82) is 0 Å². The Bertz CT molecular complexity index is 805. The van der Waals surface area contributed by atoms with Crippen LogP contribution in [0.25, 0.3) is 5.82 Å². The number of aromatic nitrogens is 4. The number of hydrogen-bond acceptors (Lipinski definition) is 4. The molecular formula is C18H21N5. The zero-order valence-electron chi connectivity index (χ0n) is 13.9. The van der Waals surface area contributed by atoms with Gasteiger partial charge in [-0.1, -0.05) is 29.8 Å². The molecule has 1 aromatic carbocycles. The Kier molecular flexibility index (Phi) is 4.10. The molecule has 0 amide bonds. The molecule has 0 spiro atoms. The van der Waals surface area contributed by atoms with E-state index in [2.05, 4.69) is 58.5 Å². The monoisotopic (exact) mass is 307 g/mol. The quantitative estimate of drug-likeness (QED) is 0.797. The van der Waals surface area contributed by atoms with Gasteiger partial charge in [0.05, 0.1) is 18.1 Å². The highest BCUT2D eigenvalue weighted by Gasteiger charge is 2.09. The molecule has 23 heavy (non-hydrogen) atoms. The molecule has 1 unspecified atom stereocenters. The lowest BCUT2D eigenvalue weighted by Crippen LogP contribution is -2.10. The third kappa shape index (κ3) is 3.39. The Morgan fingerprint density at radius 3 is 2.43 bits per heavy atom. The van der Waals surface area contributed by atoms with E-state index in [-0.39, 0.29) is 6.04 Å². The smallest absolute Gasteiger partial charge is 0.174 e. The lowest BCUT2D eigenvalue weighted by atomic mass is 10.1. The minimum absolute atomic E-state index is 0.153. The minimum Gasteiger partial charge on any atom is -0.362 e. The largest absolute Gasteiger partial charge is 0.362 e. The Morgan fingerprint density at radius 1 is 1.04 bits per heavy atom. The topological polar surface area (TPSA) is 55.6 Å². The SMILES string of the molecule is Cc1ccc(C(C)Nc2cncc(-n3nc(C)cc3C)n2)cc1. The van der Waals surface area contributed by atoms with Crippen LogP contribution in [-0.2, 0) is 0 Å². The van der Waals surface area contributed by atoms with Gasteiger partial charge >= 0.3 is 0 Å². The van der Waals surface area contributed by atoms with Gasteiger partial charge in [-0.15, -0.1) is 0 Å². The van der Waals surface area contributed by atoms with Crippen molar-refractivity contribution >= 4 is 5.82 Å².